The first-order valence-corrected chi connectivity index (χ1v) is 5.28. The van der Waals surface area contributed by atoms with Crippen LogP contribution in [0.15, 0.2) is 27.5 Å². The molecular weight excluding hydrogens is 274 g/mol. The molecular formula is C10H8BrN3O2. The molecule has 0 aliphatic heterocycles. The fourth-order valence-electron chi connectivity index (χ4n) is 1.53. The first kappa shape index (κ1) is 10.8. The molecule has 6 heteroatoms. The van der Waals surface area contributed by atoms with Gasteiger partial charge in [0.1, 0.15) is 5.82 Å². The number of hydrogen-bond acceptors (Lipinski definition) is 3. The summed E-state index contributed by atoms with van der Waals surface area (Å²) < 4.78 is 1.60. The van der Waals surface area contributed by atoms with E-state index in [4.69, 9.17) is 5.73 Å². The number of fused-ring (bicyclic) bond motifs is 1. The number of primary amides is 1. The van der Waals surface area contributed by atoms with E-state index in [2.05, 4.69) is 20.9 Å². The lowest BCUT2D eigenvalue weighted by Crippen LogP contribution is -2.34. The fraction of sp³-hybridized carbons (Fsp3) is 0.100. The lowest BCUT2D eigenvalue weighted by molar-refractivity contribution is 0.249. The van der Waals surface area contributed by atoms with Gasteiger partial charge in [0, 0.05) is 4.47 Å². The Morgan fingerprint density at radius 3 is 2.81 bits per heavy atom. The Balaban J connectivity index is 2.96. The van der Waals surface area contributed by atoms with Crippen LogP contribution in [0.25, 0.3) is 10.9 Å². The van der Waals surface area contributed by atoms with Gasteiger partial charge in [0.15, 0.2) is 0 Å². The number of amides is 1. The maximum atomic E-state index is 11.9. The Labute approximate surface area is 99.0 Å². The summed E-state index contributed by atoms with van der Waals surface area (Å²) in [5, 5.41) is 0.360. The number of halogens is 1. The van der Waals surface area contributed by atoms with Crippen LogP contribution in [0.3, 0.4) is 0 Å². The van der Waals surface area contributed by atoms with Gasteiger partial charge in [-0.25, -0.2) is 14.3 Å². The summed E-state index contributed by atoms with van der Waals surface area (Å²) in [6, 6.07) is 4.28. The minimum Gasteiger partial charge on any atom is -0.351 e. The fourth-order valence-corrected chi connectivity index (χ4v) is 1.89. The van der Waals surface area contributed by atoms with Gasteiger partial charge in [-0.2, -0.15) is 0 Å². The number of aryl methyl sites for hydroxylation is 1. The molecule has 82 valence electrons. The molecule has 1 aromatic carbocycles. The smallest absolute Gasteiger partial charge is 0.327 e. The summed E-state index contributed by atoms with van der Waals surface area (Å²) in [7, 11) is 0. The monoisotopic (exact) mass is 281 g/mol. The second-order valence-electron chi connectivity index (χ2n) is 3.30. The van der Waals surface area contributed by atoms with Crippen LogP contribution in [0.4, 0.5) is 4.79 Å². The summed E-state index contributed by atoms with van der Waals surface area (Å²) in [6.07, 6.45) is 0. The third-order valence-electron chi connectivity index (χ3n) is 2.22. The number of rotatable bonds is 0. The Kier molecular flexibility index (Phi) is 2.51. The quantitative estimate of drug-likeness (QED) is 0.793. The van der Waals surface area contributed by atoms with Crippen molar-refractivity contribution in [3.05, 3.63) is 38.9 Å². The van der Waals surface area contributed by atoms with E-state index >= 15 is 0 Å². The van der Waals surface area contributed by atoms with Crippen molar-refractivity contribution in [3.63, 3.8) is 0 Å². The summed E-state index contributed by atoms with van der Waals surface area (Å²) in [6.45, 7) is 1.56. The summed E-state index contributed by atoms with van der Waals surface area (Å²) in [5.74, 6) is 0.285. The molecule has 1 heterocycles. The minimum absolute atomic E-state index is 0.285. The molecule has 0 atom stereocenters. The molecule has 2 rings (SSSR count). The highest BCUT2D eigenvalue weighted by Gasteiger charge is 2.11. The molecule has 2 aromatic rings. The van der Waals surface area contributed by atoms with E-state index < -0.39 is 11.6 Å². The highest BCUT2D eigenvalue weighted by molar-refractivity contribution is 9.10. The highest BCUT2D eigenvalue weighted by Crippen LogP contribution is 2.15. The van der Waals surface area contributed by atoms with E-state index in [0.29, 0.717) is 10.9 Å². The molecule has 0 fully saturated rings. The second-order valence-corrected chi connectivity index (χ2v) is 4.21. The van der Waals surface area contributed by atoms with Crippen LogP contribution in [0.1, 0.15) is 5.82 Å². The number of carbonyl (C=O) groups excluding carboxylic acids is 1. The number of nitrogens with zero attached hydrogens (tertiary/aromatic N) is 2. The molecule has 0 aliphatic carbocycles. The second kappa shape index (κ2) is 3.71. The topological polar surface area (TPSA) is 78.0 Å². The summed E-state index contributed by atoms with van der Waals surface area (Å²) >= 11 is 3.25. The first-order chi connectivity index (χ1) is 7.50. The SMILES string of the molecule is Cc1nc2ccc(Br)cc2c(=O)n1C(N)=O. The van der Waals surface area contributed by atoms with E-state index in [1.807, 2.05) is 0 Å². The van der Waals surface area contributed by atoms with E-state index in [0.717, 1.165) is 9.04 Å². The first-order valence-electron chi connectivity index (χ1n) is 4.49. The normalized spacial score (nSPS) is 10.6. The summed E-state index contributed by atoms with van der Waals surface area (Å²) in [4.78, 5) is 27.2. The number of aromatic nitrogens is 2. The van der Waals surface area contributed by atoms with Crippen LogP contribution in [0.2, 0.25) is 0 Å². The molecule has 0 bridgehead atoms. The standard InChI is InChI=1S/C10H8BrN3O2/c1-5-13-8-3-2-6(11)4-7(8)9(15)14(5)10(12)16/h2-4H,1H3,(H2,12,16). The highest BCUT2D eigenvalue weighted by atomic mass is 79.9. The zero-order valence-electron chi connectivity index (χ0n) is 8.40. The predicted octanol–water partition coefficient (Wildman–Crippen LogP) is 1.39. The molecule has 1 amide bonds. The van der Waals surface area contributed by atoms with Gasteiger partial charge < -0.3 is 5.73 Å². The molecule has 1 aromatic heterocycles. The van der Waals surface area contributed by atoms with Crippen LogP contribution in [0, 0.1) is 6.92 Å². The lowest BCUT2D eigenvalue weighted by atomic mass is 10.2. The van der Waals surface area contributed by atoms with E-state index in [9.17, 15) is 9.59 Å². The third-order valence-corrected chi connectivity index (χ3v) is 2.71. The van der Waals surface area contributed by atoms with E-state index in [1.165, 1.54) is 0 Å². The molecule has 0 aliphatic rings. The minimum atomic E-state index is -0.822. The van der Waals surface area contributed by atoms with Gasteiger partial charge in [0.25, 0.3) is 5.56 Å². The van der Waals surface area contributed by atoms with Crippen molar-refractivity contribution in [1.29, 1.82) is 0 Å². The zero-order chi connectivity index (χ0) is 11.9. The van der Waals surface area contributed by atoms with Crippen molar-refractivity contribution in [2.45, 2.75) is 6.92 Å². The molecule has 2 N–H and O–H groups in total. The number of carbonyl (C=O) groups is 1. The average Bonchev–Trinajstić information content (AvgIpc) is 2.19. The van der Waals surface area contributed by atoms with Crippen molar-refractivity contribution in [2.75, 3.05) is 0 Å². The number of benzene rings is 1. The van der Waals surface area contributed by atoms with Crippen LogP contribution in [-0.2, 0) is 0 Å². The summed E-state index contributed by atoms with van der Waals surface area (Å²) in [5.41, 5.74) is 5.21. The van der Waals surface area contributed by atoms with Crippen LogP contribution < -0.4 is 11.3 Å². The van der Waals surface area contributed by atoms with Crippen molar-refractivity contribution >= 4 is 32.9 Å². The van der Waals surface area contributed by atoms with Crippen molar-refractivity contribution in [2.24, 2.45) is 5.73 Å². The molecule has 0 unspecified atom stereocenters. The van der Waals surface area contributed by atoms with E-state index in [-0.39, 0.29) is 5.82 Å². The van der Waals surface area contributed by atoms with Crippen molar-refractivity contribution in [1.82, 2.24) is 9.55 Å². The molecule has 16 heavy (non-hydrogen) atoms. The van der Waals surface area contributed by atoms with Crippen LogP contribution >= 0.6 is 15.9 Å². The molecule has 0 radical (unpaired) electrons. The Morgan fingerprint density at radius 1 is 1.50 bits per heavy atom. The van der Waals surface area contributed by atoms with Crippen molar-refractivity contribution in [3.8, 4) is 0 Å². The Bertz CT molecular complexity index is 648. The molecule has 5 nitrogen and oxygen atoms in total. The largest absolute Gasteiger partial charge is 0.351 e. The van der Waals surface area contributed by atoms with Crippen molar-refractivity contribution < 1.29 is 4.79 Å². The van der Waals surface area contributed by atoms with Gasteiger partial charge >= 0.3 is 6.03 Å². The van der Waals surface area contributed by atoms with Gasteiger partial charge in [-0.3, -0.25) is 4.79 Å². The van der Waals surface area contributed by atoms with Gasteiger partial charge in [-0.15, -0.1) is 0 Å². The van der Waals surface area contributed by atoms with Gasteiger partial charge in [-0.1, -0.05) is 15.9 Å². The van der Waals surface area contributed by atoms with Gasteiger partial charge in [0.2, 0.25) is 0 Å². The molecule has 0 saturated heterocycles. The molecule has 0 spiro atoms. The van der Waals surface area contributed by atoms with Gasteiger partial charge in [-0.05, 0) is 25.1 Å². The van der Waals surface area contributed by atoms with Gasteiger partial charge in [0.05, 0.1) is 10.9 Å². The Hall–Kier alpha value is -1.69. The van der Waals surface area contributed by atoms with Crippen LogP contribution in [0.5, 0.6) is 0 Å². The van der Waals surface area contributed by atoms with E-state index in [1.54, 1.807) is 25.1 Å². The molecule has 0 saturated carbocycles. The number of hydrogen-bond donors (Lipinski definition) is 1. The maximum Gasteiger partial charge on any atom is 0.327 e. The predicted molar refractivity (Wildman–Crippen MR) is 63.4 cm³/mol. The number of nitrogens with two attached hydrogens (primary N) is 1. The Morgan fingerprint density at radius 2 is 2.19 bits per heavy atom. The zero-order valence-corrected chi connectivity index (χ0v) is 9.98. The third kappa shape index (κ3) is 1.61. The maximum absolute atomic E-state index is 11.9. The lowest BCUT2D eigenvalue weighted by Gasteiger charge is -2.06. The average molecular weight is 282 g/mol. The van der Waals surface area contributed by atoms with Crippen LogP contribution in [-0.4, -0.2) is 15.6 Å².